The maximum Gasteiger partial charge on any atom is 0.267 e. The van der Waals surface area contributed by atoms with Gasteiger partial charge in [-0.05, 0) is 53.2 Å². The van der Waals surface area contributed by atoms with Gasteiger partial charge in [-0.2, -0.15) is 5.10 Å². The van der Waals surface area contributed by atoms with Gasteiger partial charge in [0.25, 0.3) is 5.56 Å². The van der Waals surface area contributed by atoms with Gasteiger partial charge in [0.15, 0.2) is 0 Å². The van der Waals surface area contributed by atoms with Crippen LogP contribution in [0.5, 0.6) is 0 Å². The van der Waals surface area contributed by atoms with Gasteiger partial charge in [-0.15, -0.1) is 4.91 Å². The van der Waals surface area contributed by atoms with Crippen LogP contribution in [0.15, 0.2) is 70.6 Å². The second-order valence-electron chi connectivity index (χ2n) is 4.98. The lowest BCUT2D eigenvalue weighted by molar-refractivity contribution is 0.627. The normalized spacial score (nSPS) is 10.5. The summed E-state index contributed by atoms with van der Waals surface area (Å²) in [4.78, 5) is 22.6. The maximum absolute atomic E-state index is 13.0. The quantitative estimate of drug-likeness (QED) is 0.693. The lowest BCUT2D eigenvalue weighted by Gasteiger charge is -2.07. The molecule has 114 valence electrons. The molecule has 23 heavy (non-hydrogen) atoms. The van der Waals surface area contributed by atoms with Crippen LogP contribution in [0.3, 0.4) is 0 Å². The standard InChI is InChI=1S/C17H12FN3O2/c18-14-6-4-13(5-7-14)16-8-9-17(22)21(19-16)11-12-2-1-3-15(10-12)20-23/h1-10H,11H2. The van der Waals surface area contributed by atoms with Crippen LogP contribution in [-0.4, -0.2) is 9.78 Å². The van der Waals surface area contributed by atoms with Gasteiger partial charge in [0.2, 0.25) is 0 Å². The number of benzene rings is 2. The minimum atomic E-state index is -0.333. The van der Waals surface area contributed by atoms with E-state index < -0.39 is 0 Å². The zero-order chi connectivity index (χ0) is 16.2. The van der Waals surface area contributed by atoms with Crippen LogP contribution in [0.25, 0.3) is 11.3 Å². The first kappa shape index (κ1) is 14.8. The van der Waals surface area contributed by atoms with Crippen molar-refractivity contribution in [1.29, 1.82) is 0 Å². The van der Waals surface area contributed by atoms with Crippen LogP contribution >= 0.6 is 0 Å². The molecule has 3 aromatic rings. The molecule has 0 amide bonds. The molecule has 0 saturated heterocycles. The summed E-state index contributed by atoms with van der Waals surface area (Å²) in [6.07, 6.45) is 0. The van der Waals surface area contributed by atoms with Crippen LogP contribution in [0.1, 0.15) is 5.56 Å². The average molecular weight is 309 g/mol. The van der Waals surface area contributed by atoms with Gasteiger partial charge >= 0.3 is 0 Å². The van der Waals surface area contributed by atoms with Crippen molar-refractivity contribution >= 4 is 5.69 Å². The first-order valence-electron chi connectivity index (χ1n) is 6.92. The SMILES string of the molecule is O=Nc1cccc(Cn2nc(-c3ccc(F)cc3)ccc2=O)c1. The van der Waals surface area contributed by atoms with E-state index in [2.05, 4.69) is 10.3 Å². The smallest absolute Gasteiger partial charge is 0.267 e. The summed E-state index contributed by atoms with van der Waals surface area (Å²) in [5, 5.41) is 7.17. The fourth-order valence-electron chi connectivity index (χ4n) is 2.22. The number of rotatable bonds is 4. The predicted octanol–water partition coefficient (Wildman–Crippen LogP) is 3.50. The highest BCUT2D eigenvalue weighted by Gasteiger charge is 2.05. The van der Waals surface area contributed by atoms with E-state index in [9.17, 15) is 14.1 Å². The van der Waals surface area contributed by atoms with Gasteiger partial charge in [-0.25, -0.2) is 9.07 Å². The minimum absolute atomic E-state index is 0.219. The Balaban J connectivity index is 1.95. The summed E-state index contributed by atoms with van der Waals surface area (Å²) in [6, 6.07) is 15.6. The molecule has 1 heterocycles. The fourth-order valence-corrected chi connectivity index (χ4v) is 2.22. The Morgan fingerprint density at radius 1 is 1.04 bits per heavy atom. The van der Waals surface area contributed by atoms with E-state index in [-0.39, 0.29) is 17.9 Å². The van der Waals surface area contributed by atoms with Gasteiger partial charge in [0.05, 0.1) is 12.2 Å². The molecule has 0 saturated carbocycles. The second kappa shape index (κ2) is 6.31. The van der Waals surface area contributed by atoms with Crippen molar-refractivity contribution in [1.82, 2.24) is 9.78 Å². The number of nitroso groups, excluding NO2 is 1. The third-order valence-corrected chi connectivity index (χ3v) is 3.35. The Morgan fingerprint density at radius 3 is 2.57 bits per heavy atom. The zero-order valence-electron chi connectivity index (χ0n) is 12.0. The number of nitrogens with zero attached hydrogens (tertiary/aromatic N) is 3. The fraction of sp³-hybridized carbons (Fsp3) is 0.0588. The molecule has 5 nitrogen and oxygen atoms in total. The topological polar surface area (TPSA) is 64.3 Å². The van der Waals surface area contributed by atoms with Gasteiger partial charge in [-0.3, -0.25) is 4.79 Å². The zero-order valence-corrected chi connectivity index (χ0v) is 12.0. The summed E-state index contributed by atoms with van der Waals surface area (Å²) < 4.78 is 14.3. The van der Waals surface area contributed by atoms with E-state index in [1.807, 2.05) is 0 Å². The highest BCUT2D eigenvalue weighted by Crippen LogP contribution is 2.17. The molecule has 0 N–H and O–H groups in total. The van der Waals surface area contributed by atoms with Gasteiger partial charge in [0, 0.05) is 11.6 Å². The molecular formula is C17H12FN3O2. The molecule has 0 unspecified atom stereocenters. The molecule has 1 aromatic heterocycles. The largest absolute Gasteiger partial charge is 0.268 e. The molecule has 0 aliphatic carbocycles. The Hall–Kier alpha value is -3.15. The summed E-state index contributed by atoms with van der Waals surface area (Å²) in [5.41, 5.74) is 2.05. The van der Waals surface area contributed by atoms with Crippen molar-refractivity contribution in [2.24, 2.45) is 5.18 Å². The summed E-state index contributed by atoms with van der Waals surface area (Å²) in [5.74, 6) is -0.333. The van der Waals surface area contributed by atoms with E-state index in [1.165, 1.54) is 22.9 Å². The predicted molar refractivity (Wildman–Crippen MR) is 84.9 cm³/mol. The minimum Gasteiger partial charge on any atom is -0.268 e. The highest BCUT2D eigenvalue weighted by molar-refractivity contribution is 5.57. The van der Waals surface area contributed by atoms with Crippen LogP contribution in [0.4, 0.5) is 10.1 Å². The van der Waals surface area contributed by atoms with Crippen LogP contribution in [0, 0.1) is 10.7 Å². The third kappa shape index (κ3) is 3.37. The van der Waals surface area contributed by atoms with Crippen LogP contribution in [0.2, 0.25) is 0 Å². The molecule has 0 aliphatic rings. The summed E-state index contributed by atoms with van der Waals surface area (Å²) in [7, 11) is 0. The van der Waals surface area contributed by atoms with Crippen molar-refractivity contribution in [2.45, 2.75) is 6.54 Å². The van der Waals surface area contributed by atoms with Crippen molar-refractivity contribution in [3.8, 4) is 11.3 Å². The molecule has 0 radical (unpaired) electrons. The Labute approximate surface area is 131 Å². The van der Waals surface area contributed by atoms with Crippen LogP contribution in [-0.2, 0) is 6.54 Å². The first-order chi connectivity index (χ1) is 11.2. The van der Waals surface area contributed by atoms with E-state index in [0.29, 0.717) is 16.9 Å². The number of halogens is 1. The number of aromatic nitrogens is 2. The monoisotopic (exact) mass is 309 g/mol. The molecule has 3 rings (SSSR count). The molecule has 0 fully saturated rings. The van der Waals surface area contributed by atoms with Crippen LogP contribution < -0.4 is 5.56 Å². The Kier molecular flexibility index (Phi) is 4.05. The van der Waals surface area contributed by atoms with E-state index in [1.54, 1.807) is 42.5 Å². The molecular weight excluding hydrogens is 297 g/mol. The Bertz CT molecular complexity index is 904. The van der Waals surface area contributed by atoms with Crippen molar-refractivity contribution in [3.63, 3.8) is 0 Å². The molecule has 0 aliphatic heterocycles. The molecule has 6 heteroatoms. The second-order valence-corrected chi connectivity index (χ2v) is 4.98. The van der Waals surface area contributed by atoms with Crippen molar-refractivity contribution in [3.05, 3.63) is 87.3 Å². The summed E-state index contributed by atoms with van der Waals surface area (Å²) >= 11 is 0. The third-order valence-electron chi connectivity index (χ3n) is 3.35. The molecule has 0 spiro atoms. The van der Waals surface area contributed by atoms with E-state index in [4.69, 9.17) is 0 Å². The first-order valence-corrected chi connectivity index (χ1v) is 6.92. The maximum atomic E-state index is 13.0. The van der Waals surface area contributed by atoms with Crippen molar-refractivity contribution in [2.75, 3.05) is 0 Å². The van der Waals surface area contributed by atoms with Gasteiger partial charge < -0.3 is 0 Å². The lowest BCUT2D eigenvalue weighted by atomic mass is 10.1. The highest BCUT2D eigenvalue weighted by atomic mass is 19.1. The average Bonchev–Trinajstić information content (AvgIpc) is 2.58. The lowest BCUT2D eigenvalue weighted by Crippen LogP contribution is -2.22. The molecule has 0 atom stereocenters. The Morgan fingerprint density at radius 2 is 1.83 bits per heavy atom. The molecule has 0 bridgehead atoms. The number of hydrogen-bond acceptors (Lipinski definition) is 4. The van der Waals surface area contributed by atoms with Crippen molar-refractivity contribution < 1.29 is 4.39 Å². The van der Waals surface area contributed by atoms with E-state index >= 15 is 0 Å². The summed E-state index contributed by atoms with van der Waals surface area (Å²) in [6.45, 7) is 0.219. The van der Waals surface area contributed by atoms with Gasteiger partial charge in [-0.1, -0.05) is 12.1 Å². The number of hydrogen-bond donors (Lipinski definition) is 0. The van der Waals surface area contributed by atoms with Gasteiger partial charge in [0.1, 0.15) is 11.5 Å². The van der Waals surface area contributed by atoms with E-state index in [0.717, 1.165) is 5.56 Å². The molecule has 2 aromatic carbocycles.